The fourth-order valence-corrected chi connectivity index (χ4v) is 5.01. The minimum atomic E-state index is -3.20. The van der Waals surface area contributed by atoms with Crippen LogP contribution in [0.2, 0.25) is 0 Å². The van der Waals surface area contributed by atoms with E-state index in [0.29, 0.717) is 16.3 Å². The number of hydrogen-bond donors (Lipinski definition) is 2. The average molecular weight is 387 g/mol. The van der Waals surface area contributed by atoms with Crippen LogP contribution in [0.3, 0.4) is 0 Å². The summed E-state index contributed by atoms with van der Waals surface area (Å²) >= 11 is 1.37. The van der Waals surface area contributed by atoms with Crippen molar-refractivity contribution in [2.45, 2.75) is 36.6 Å². The Hall–Kier alpha value is -1.23. The number of ether oxygens (including phenoxy) is 1. The van der Waals surface area contributed by atoms with Crippen LogP contribution >= 0.6 is 19.4 Å². The van der Waals surface area contributed by atoms with Crippen LogP contribution in [0.1, 0.15) is 13.2 Å². The Bertz CT molecular complexity index is 863. The van der Waals surface area contributed by atoms with Crippen molar-refractivity contribution in [3.05, 3.63) is 6.33 Å². The van der Waals surface area contributed by atoms with Crippen molar-refractivity contribution in [3.63, 3.8) is 0 Å². The molecule has 2 aliphatic rings. The Labute approximate surface area is 147 Å². The molecule has 0 aromatic carbocycles. The molecule has 4 rings (SSSR count). The second-order valence-electron chi connectivity index (χ2n) is 5.75. The molecule has 0 aliphatic carbocycles. The predicted molar refractivity (Wildman–Crippen MR) is 90.4 cm³/mol. The Morgan fingerprint density at radius 1 is 1.52 bits per heavy atom. The Balaban J connectivity index is 1.75. The summed E-state index contributed by atoms with van der Waals surface area (Å²) in [5.41, 5.74) is 6.77. The van der Waals surface area contributed by atoms with Crippen LogP contribution in [0.25, 0.3) is 11.2 Å². The van der Waals surface area contributed by atoms with Crippen molar-refractivity contribution < 1.29 is 23.5 Å². The molecule has 2 aromatic rings. The summed E-state index contributed by atoms with van der Waals surface area (Å²) in [4.78, 5) is 12.6. The molecular weight excluding hydrogens is 369 g/mol. The van der Waals surface area contributed by atoms with Crippen LogP contribution in [0.15, 0.2) is 11.5 Å². The summed E-state index contributed by atoms with van der Waals surface area (Å²) in [7, 11) is -3.20. The summed E-state index contributed by atoms with van der Waals surface area (Å²) in [6.07, 6.45) is 0.300. The number of fused-ring (bicyclic) bond motifs is 2. The molecule has 1 unspecified atom stereocenters. The van der Waals surface area contributed by atoms with E-state index in [9.17, 15) is 9.67 Å². The number of aliphatic hydroxyl groups excluding tert-OH is 1. The zero-order valence-corrected chi connectivity index (χ0v) is 15.3. The maximum atomic E-state index is 12.4. The second-order valence-corrected chi connectivity index (χ2v) is 8.84. The number of nitrogens with zero attached hydrogens (tertiary/aromatic N) is 4. The van der Waals surface area contributed by atoms with Crippen molar-refractivity contribution in [1.82, 2.24) is 19.5 Å². The third-order valence-corrected chi connectivity index (χ3v) is 6.86. The number of aromatic nitrogens is 4. The normalized spacial score (nSPS) is 35.2. The van der Waals surface area contributed by atoms with E-state index in [1.807, 2.05) is 6.26 Å². The van der Waals surface area contributed by atoms with E-state index < -0.39 is 32.1 Å². The van der Waals surface area contributed by atoms with Gasteiger partial charge in [-0.2, -0.15) is 0 Å². The molecule has 25 heavy (non-hydrogen) atoms. The lowest BCUT2D eigenvalue weighted by molar-refractivity contribution is -0.0610. The zero-order chi connectivity index (χ0) is 17.8. The highest BCUT2D eigenvalue weighted by atomic mass is 32.2. The maximum absolute atomic E-state index is 12.4. The van der Waals surface area contributed by atoms with Crippen LogP contribution < -0.4 is 5.73 Å². The molecule has 0 bridgehead atoms. The third-order valence-electron chi connectivity index (χ3n) is 4.32. The van der Waals surface area contributed by atoms with Gasteiger partial charge in [-0.15, -0.1) is 0 Å². The minimum absolute atomic E-state index is 0.0989. The fourth-order valence-electron chi connectivity index (χ4n) is 3.05. The molecule has 2 aromatic heterocycles. The first-order valence-electron chi connectivity index (χ1n) is 7.75. The molecule has 0 amide bonds. The van der Waals surface area contributed by atoms with Crippen LogP contribution in [0.5, 0.6) is 0 Å². The Morgan fingerprint density at radius 3 is 3.04 bits per heavy atom. The average Bonchev–Trinajstić information content (AvgIpc) is 3.14. The van der Waals surface area contributed by atoms with Gasteiger partial charge in [0.2, 0.25) is 0 Å². The van der Waals surface area contributed by atoms with E-state index >= 15 is 0 Å². The first-order valence-corrected chi connectivity index (χ1v) is 10.7. The quantitative estimate of drug-likeness (QED) is 0.580. The van der Waals surface area contributed by atoms with Gasteiger partial charge in [-0.05, 0) is 6.26 Å². The molecule has 0 radical (unpaired) electrons. The van der Waals surface area contributed by atoms with Crippen molar-refractivity contribution in [3.8, 4) is 0 Å². The lowest BCUT2D eigenvalue weighted by atomic mass is 10.1. The monoisotopic (exact) mass is 387 g/mol. The smallest absolute Gasteiger partial charge is 0.330 e. The van der Waals surface area contributed by atoms with Gasteiger partial charge in [0.05, 0.1) is 6.61 Å². The van der Waals surface area contributed by atoms with E-state index in [-0.39, 0.29) is 18.6 Å². The van der Waals surface area contributed by atoms with Crippen molar-refractivity contribution in [2.24, 2.45) is 0 Å². The van der Waals surface area contributed by atoms with E-state index in [0.717, 1.165) is 0 Å². The first-order chi connectivity index (χ1) is 12.0. The maximum Gasteiger partial charge on any atom is 0.330 e. The van der Waals surface area contributed by atoms with E-state index in [1.54, 1.807) is 11.5 Å². The van der Waals surface area contributed by atoms with Gasteiger partial charge in [0.15, 0.2) is 28.4 Å². The molecule has 0 spiro atoms. The molecule has 2 fully saturated rings. The number of rotatable bonds is 3. The molecule has 2 aliphatic heterocycles. The number of nitrogens with two attached hydrogens (primary N) is 1. The number of thioether (sulfide) groups is 1. The van der Waals surface area contributed by atoms with Gasteiger partial charge in [-0.1, -0.05) is 18.7 Å². The van der Waals surface area contributed by atoms with Crippen LogP contribution in [-0.2, 0) is 18.3 Å². The Kier molecular flexibility index (Phi) is 4.25. The molecular formula is C13H18N5O5PS. The first kappa shape index (κ1) is 17.2. The molecule has 0 saturated carbocycles. The SMILES string of the molecule is CCP1(=O)OC[C@H]2O[C@@H](n3c(SC)nc4c(N)ncnc43)[C@H](O)[C@@H]2O1. The van der Waals surface area contributed by atoms with Crippen molar-refractivity contribution in [2.75, 3.05) is 24.8 Å². The number of anilines is 1. The molecule has 4 heterocycles. The fraction of sp³-hybridized carbons (Fsp3) is 0.615. The van der Waals surface area contributed by atoms with Gasteiger partial charge in [-0.3, -0.25) is 13.7 Å². The summed E-state index contributed by atoms with van der Waals surface area (Å²) < 4.78 is 30.9. The molecule has 2 saturated heterocycles. The van der Waals surface area contributed by atoms with Crippen LogP contribution in [-0.4, -0.2) is 62.0 Å². The Morgan fingerprint density at radius 2 is 2.32 bits per heavy atom. The van der Waals surface area contributed by atoms with Gasteiger partial charge >= 0.3 is 7.60 Å². The van der Waals surface area contributed by atoms with E-state index in [4.69, 9.17) is 19.5 Å². The molecule has 10 nitrogen and oxygen atoms in total. The number of hydrogen-bond acceptors (Lipinski definition) is 10. The van der Waals surface area contributed by atoms with Crippen molar-refractivity contribution in [1.29, 1.82) is 0 Å². The van der Waals surface area contributed by atoms with Gasteiger partial charge in [0.25, 0.3) is 0 Å². The third kappa shape index (κ3) is 2.66. The highest BCUT2D eigenvalue weighted by Crippen LogP contribution is 2.55. The number of imidazole rings is 1. The highest BCUT2D eigenvalue weighted by Gasteiger charge is 2.52. The lowest BCUT2D eigenvalue weighted by Crippen LogP contribution is -2.39. The van der Waals surface area contributed by atoms with Crippen LogP contribution in [0, 0.1) is 0 Å². The second kappa shape index (κ2) is 6.19. The molecule has 3 N–H and O–H groups in total. The van der Waals surface area contributed by atoms with Gasteiger partial charge in [0, 0.05) is 6.16 Å². The van der Waals surface area contributed by atoms with Gasteiger partial charge in [-0.25, -0.2) is 15.0 Å². The topological polar surface area (TPSA) is 135 Å². The highest BCUT2D eigenvalue weighted by molar-refractivity contribution is 7.98. The summed E-state index contributed by atoms with van der Waals surface area (Å²) in [6, 6.07) is 0. The summed E-state index contributed by atoms with van der Waals surface area (Å²) in [5.74, 6) is 0.249. The largest absolute Gasteiger partial charge is 0.386 e. The number of nitrogen functional groups attached to an aromatic ring is 1. The van der Waals surface area contributed by atoms with Gasteiger partial charge in [0.1, 0.15) is 24.6 Å². The lowest BCUT2D eigenvalue weighted by Gasteiger charge is -2.31. The van der Waals surface area contributed by atoms with Crippen molar-refractivity contribution >= 4 is 36.3 Å². The summed E-state index contributed by atoms with van der Waals surface area (Å²) in [6.45, 7) is 1.82. The van der Waals surface area contributed by atoms with E-state index in [2.05, 4.69) is 15.0 Å². The van der Waals surface area contributed by atoms with Gasteiger partial charge < -0.3 is 20.1 Å². The summed E-state index contributed by atoms with van der Waals surface area (Å²) in [5, 5.41) is 11.3. The molecule has 5 atom stereocenters. The van der Waals surface area contributed by atoms with E-state index in [1.165, 1.54) is 18.1 Å². The molecule has 12 heteroatoms. The minimum Gasteiger partial charge on any atom is -0.386 e. The standard InChI is InChI=1S/C13H18N5O5PS/c1-3-24(20)21-4-6-9(23-24)8(19)12(22-6)18-11-7(17-13(18)25-2)10(14)15-5-16-11/h5-6,8-9,12,19H,3-4H2,1-2H3,(H2,14,15,16)/t6-,8-,9-,12-,24?/m1/s1. The predicted octanol–water partition coefficient (Wildman–Crippen LogP) is 1.02. The zero-order valence-electron chi connectivity index (χ0n) is 13.6. The van der Waals surface area contributed by atoms with Crippen LogP contribution in [0.4, 0.5) is 5.82 Å². The molecule has 136 valence electrons. The number of aliphatic hydroxyl groups is 1.